The molecule has 2 bridgehead atoms. The topological polar surface area (TPSA) is 68.2 Å². The average molecular weight is 391 g/mol. The van der Waals surface area contributed by atoms with Gasteiger partial charge in [0.2, 0.25) is 11.8 Å². The zero-order valence-electron chi connectivity index (χ0n) is 12.9. The van der Waals surface area contributed by atoms with Crippen molar-refractivity contribution >= 4 is 33.5 Å². The summed E-state index contributed by atoms with van der Waals surface area (Å²) in [6.45, 7) is 2.24. The molecule has 0 unspecified atom stereocenters. The van der Waals surface area contributed by atoms with Crippen molar-refractivity contribution in [1.29, 1.82) is 0 Å². The van der Waals surface area contributed by atoms with E-state index in [-0.39, 0.29) is 36.0 Å². The Kier molecular flexibility index (Phi) is 2.98. The van der Waals surface area contributed by atoms with Crippen LogP contribution in [0.15, 0.2) is 33.9 Å². The summed E-state index contributed by atoms with van der Waals surface area (Å²) >= 11 is 3.43. The van der Waals surface area contributed by atoms with Gasteiger partial charge in [0.1, 0.15) is 6.10 Å². The Balaban J connectivity index is 1.51. The van der Waals surface area contributed by atoms with Gasteiger partial charge >= 0.3 is 0 Å². The van der Waals surface area contributed by atoms with Crippen molar-refractivity contribution in [3.63, 3.8) is 0 Å². The number of oxime groups is 1. The van der Waals surface area contributed by atoms with Gasteiger partial charge in [-0.05, 0) is 24.6 Å². The Labute approximate surface area is 146 Å². The highest BCUT2D eigenvalue weighted by Gasteiger charge is 2.71. The summed E-state index contributed by atoms with van der Waals surface area (Å²) in [5.41, 5.74) is 1.77. The summed E-state index contributed by atoms with van der Waals surface area (Å²) in [6, 6.07) is 7.84. The number of ether oxygens (including phenoxy) is 1. The largest absolute Gasteiger partial charge is 0.389 e. The standard InChI is InChI=1S/C17H15BrN2O4/c1-2-20-16(21)9-10(17(20)22)14-15-11(13(9)23-14)12(19-24-15)7-3-5-8(18)6-4-7/h3-6,9-11,13-15H,2H2,1H3/t9-,10+,11+,13-,14-,15+/m1/s1. The van der Waals surface area contributed by atoms with E-state index in [1.807, 2.05) is 31.2 Å². The summed E-state index contributed by atoms with van der Waals surface area (Å²) in [6.07, 6.45) is -0.985. The number of amides is 2. The number of benzene rings is 1. The van der Waals surface area contributed by atoms with E-state index in [1.54, 1.807) is 0 Å². The van der Waals surface area contributed by atoms with Crippen molar-refractivity contribution in [3.05, 3.63) is 34.3 Å². The number of carbonyl (C=O) groups excluding carboxylic acids is 2. The van der Waals surface area contributed by atoms with Gasteiger partial charge in [-0.2, -0.15) is 0 Å². The lowest BCUT2D eigenvalue weighted by Crippen LogP contribution is -2.45. The number of hydrogen-bond acceptors (Lipinski definition) is 5. The van der Waals surface area contributed by atoms with Crippen LogP contribution in [0.4, 0.5) is 0 Å². The Morgan fingerprint density at radius 2 is 1.71 bits per heavy atom. The van der Waals surface area contributed by atoms with Crippen LogP contribution in [0.2, 0.25) is 0 Å². The number of halogens is 1. The van der Waals surface area contributed by atoms with Gasteiger partial charge in [0, 0.05) is 11.0 Å². The molecule has 3 fully saturated rings. The van der Waals surface area contributed by atoms with E-state index in [1.165, 1.54) is 4.90 Å². The van der Waals surface area contributed by atoms with Crippen LogP contribution < -0.4 is 0 Å². The molecule has 0 aliphatic carbocycles. The molecule has 1 aromatic carbocycles. The molecule has 0 aromatic heterocycles. The number of fused-ring (bicyclic) bond motifs is 8. The Morgan fingerprint density at radius 1 is 1.04 bits per heavy atom. The first-order valence-corrected chi connectivity index (χ1v) is 8.91. The molecule has 5 rings (SSSR count). The van der Waals surface area contributed by atoms with Gasteiger partial charge in [0.05, 0.1) is 29.6 Å². The summed E-state index contributed by atoms with van der Waals surface area (Å²) < 4.78 is 7.02. The lowest BCUT2D eigenvalue weighted by Gasteiger charge is -2.26. The summed E-state index contributed by atoms with van der Waals surface area (Å²) in [5.74, 6) is -1.14. The lowest BCUT2D eigenvalue weighted by atomic mass is 9.71. The molecule has 2 amide bonds. The second kappa shape index (κ2) is 4.89. The van der Waals surface area contributed by atoms with Crippen LogP contribution in [-0.4, -0.2) is 47.3 Å². The molecule has 1 aromatic rings. The minimum absolute atomic E-state index is 0.0917. The van der Waals surface area contributed by atoms with Crippen molar-refractivity contribution in [2.75, 3.05) is 6.54 Å². The quantitative estimate of drug-likeness (QED) is 0.718. The van der Waals surface area contributed by atoms with Crippen LogP contribution in [0, 0.1) is 17.8 Å². The number of imide groups is 1. The van der Waals surface area contributed by atoms with Crippen LogP contribution >= 0.6 is 15.9 Å². The minimum atomic E-state index is -0.414. The monoisotopic (exact) mass is 390 g/mol. The smallest absolute Gasteiger partial charge is 0.235 e. The Hall–Kier alpha value is -1.73. The predicted octanol–water partition coefficient (Wildman–Crippen LogP) is 1.57. The third-order valence-electron chi connectivity index (χ3n) is 5.59. The highest BCUT2D eigenvalue weighted by molar-refractivity contribution is 9.10. The number of carbonyl (C=O) groups is 2. The van der Waals surface area contributed by atoms with Crippen molar-refractivity contribution in [1.82, 2.24) is 4.90 Å². The van der Waals surface area contributed by atoms with Gasteiger partial charge < -0.3 is 9.57 Å². The van der Waals surface area contributed by atoms with Gasteiger partial charge in [-0.3, -0.25) is 14.5 Å². The Morgan fingerprint density at radius 3 is 2.38 bits per heavy atom. The van der Waals surface area contributed by atoms with Gasteiger partial charge in [0.15, 0.2) is 6.10 Å². The second-order valence-corrected chi connectivity index (χ2v) is 7.53. The van der Waals surface area contributed by atoms with Gasteiger partial charge in [0.25, 0.3) is 0 Å². The first kappa shape index (κ1) is 14.6. The van der Waals surface area contributed by atoms with E-state index in [9.17, 15) is 9.59 Å². The maximum absolute atomic E-state index is 12.6. The SMILES string of the molecule is CCN1C(=O)[C@@H]2[C@H]3O[C@@H]([C@@H]4C(c5ccc(Br)cc5)=NO[C@H]34)[C@@H]2C1=O. The summed E-state index contributed by atoms with van der Waals surface area (Å²) in [7, 11) is 0. The summed E-state index contributed by atoms with van der Waals surface area (Å²) in [4.78, 5) is 32.2. The van der Waals surface area contributed by atoms with Crippen molar-refractivity contribution < 1.29 is 19.2 Å². The molecule has 6 atom stereocenters. The molecule has 0 spiro atoms. The highest BCUT2D eigenvalue weighted by atomic mass is 79.9. The molecule has 0 saturated carbocycles. The Bertz CT molecular complexity index is 777. The van der Waals surface area contributed by atoms with Crippen molar-refractivity contribution in [2.45, 2.75) is 25.2 Å². The molecule has 124 valence electrons. The molecule has 24 heavy (non-hydrogen) atoms. The number of nitrogens with zero attached hydrogens (tertiary/aromatic N) is 2. The normalized spacial score (nSPS) is 39.1. The molecular formula is C17H15BrN2O4. The van der Waals surface area contributed by atoms with Crippen LogP contribution in [0.3, 0.4) is 0 Å². The molecule has 4 aliphatic rings. The van der Waals surface area contributed by atoms with Crippen molar-refractivity contribution in [3.8, 4) is 0 Å². The first-order chi connectivity index (χ1) is 11.6. The number of likely N-dealkylation sites (tertiary alicyclic amines) is 1. The van der Waals surface area contributed by atoms with E-state index >= 15 is 0 Å². The van der Waals surface area contributed by atoms with E-state index in [0.717, 1.165) is 15.7 Å². The van der Waals surface area contributed by atoms with Crippen molar-refractivity contribution in [2.24, 2.45) is 22.9 Å². The maximum Gasteiger partial charge on any atom is 0.235 e. The zero-order chi connectivity index (χ0) is 16.6. The van der Waals surface area contributed by atoms with Crippen LogP contribution in [-0.2, 0) is 19.2 Å². The molecule has 0 radical (unpaired) electrons. The van der Waals surface area contributed by atoms with Gasteiger partial charge in [-0.25, -0.2) is 0 Å². The van der Waals surface area contributed by atoms with Gasteiger partial charge in [-0.1, -0.05) is 33.2 Å². The van der Waals surface area contributed by atoms with Crippen LogP contribution in [0.5, 0.6) is 0 Å². The molecule has 4 aliphatic heterocycles. The second-order valence-electron chi connectivity index (χ2n) is 6.62. The fourth-order valence-electron chi connectivity index (χ4n) is 4.59. The zero-order valence-corrected chi connectivity index (χ0v) is 14.5. The molecule has 0 N–H and O–H groups in total. The third kappa shape index (κ3) is 1.66. The van der Waals surface area contributed by atoms with E-state index in [2.05, 4.69) is 21.1 Å². The molecule has 6 nitrogen and oxygen atoms in total. The van der Waals surface area contributed by atoms with E-state index < -0.39 is 11.8 Å². The van der Waals surface area contributed by atoms with E-state index in [0.29, 0.717) is 6.54 Å². The number of hydrogen-bond donors (Lipinski definition) is 0. The predicted molar refractivity (Wildman–Crippen MR) is 87.1 cm³/mol. The molecule has 4 heterocycles. The highest BCUT2D eigenvalue weighted by Crippen LogP contribution is 2.54. The van der Waals surface area contributed by atoms with Gasteiger partial charge in [-0.15, -0.1) is 0 Å². The summed E-state index contributed by atoms with van der Waals surface area (Å²) in [5, 5.41) is 4.26. The van der Waals surface area contributed by atoms with Crippen LogP contribution in [0.25, 0.3) is 0 Å². The maximum atomic E-state index is 12.6. The van der Waals surface area contributed by atoms with Crippen LogP contribution in [0.1, 0.15) is 12.5 Å². The van der Waals surface area contributed by atoms with E-state index in [4.69, 9.17) is 9.57 Å². The third-order valence-corrected chi connectivity index (χ3v) is 6.12. The molecule has 3 saturated heterocycles. The first-order valence-electron chi connectivity index (χ1n) is 8.12. The number of rotatable bonds is 2. The average Bonchev–Trinajstić information content (AvgIpc) is 3.29. The minimum Gasteiger partial charge on any atom is -0.389 e. The molecular weight excluding hydrogens is 376 g/mol. The lowest BCUT2D eigenvalue weighted by molar-refractivity contribution is -0.142. The fraction of sp³-hybridized carbons (Fsp3) is 0.471. The fourth-order valence-corrected chi connectivity index (χ4v) is 4.85. The molecule has 7 heteroatoms.